The number of nitrogens with one attached hydrogen (secondary N) is 1. The van der Waals surface area contributed by atoms with Crippen LogP contribution in [0.2, 0.25) is 0 Å². The number of para-hydroxylation sites is 1. The third kappa shape index (κ3) is 4.39. The zero-order valence-electron chi connectivity index (χ0n) is 21.2. The number of benzene rings is 3. The van der Waals surface area contributed by atoms with Crippen molar-refractivity contribution in [1.82, 2.24) is 9.97 Å². The number of hydrogen-bond donors (Lipinski definition) is 1. The van der Waals surface area contributed by atoms with Gasteiger partial charge in [-0.1, -0.05) is 35.9 Å². The lowest BCUT2D eigenvalue weighted by Gasteiger charge is -2.35. The van der Waals surface area contributed by atoms with Crippen molar-refractivity contribution in [3.63, 3.8) is 0 Å². The Labute approximate surface area is 216 Å². The molecule has 0 saturated heterocycles. The Hall–Kier alpha value is -3.99. The fourth-order valence-electron chi connectivity index (χ4n) is 5.68. The van der Waals surface area contributed by atoms with E-state index in [0.29, 0.717) is 6.42 Å². The summed E-state index contributed by atoms with van der Waals surface area (Å²) in [4.78, 5) is 23.8. The number of halogens is 1. The summed E-state index contributed by atoms with van der Waals surface area (Å²) in [5.74, 6) is -0.147. The fourth-order valence-corrected chi connectivity index (χ4v) is 5.68. The number of anilines is 1. The molecule has 2 aromatic heterocycles. The predicted octanol–water partition coefficient (Wildman–Crippen LogP) is 7.52. The molecule has 0 spiro atoms. The number of hydrogen-bond acceptors (Lipinski definition) is 2. The molecular weight excluding hydrogens is 461 g/mol. The first-order valence-electron chi connectivity index (χ1n) is 13.1. The summed E-state index contributed by atoms with van der Waals surface area (Å²) in [5.41, 5.74) is 8.15. The molecule has 0 aliphatic carbocycles. The molecule has 1 aliphatic heterocycles. The Kier molecular flexibility index (Phi) is 5.99. The molecule has 37 heavy (non-hydrogen) atoms. The zero-order chi connectivity index (χ0) is 25.5. The SMILES string of the molecule is Cc1ccc2[nH]c(-c3ccc4ccccc4n3)c(CCCC(=O)N3c4ccc(F)cc4CCC3C)c2c1. The Morgan fingerprint density at radius 1 is 1.08 bits per heavy atom. The number of rotatable bonds is 5. The molecule has 1 N–H and O–H groups in total. The monoisotopic (exact) mass is 491 g/mol. The Balaban J connectivity index is 1.29. The van der Waals surface area contributed by atoms with Crippen molar-refractivity contribution >= 4 is 33.4 Å². The highest BCUT2D eigenvalue weighted by Gasteiger charge is 2.28. The van der Waals surface area contributed by atoms with E-state index in [2.05, 4.69) is 55.2 Å². The third-order valence-electron chi connectivity index (χ3n) is 7.58. The minimum absolute atomic E-state index is 0.0986. The summed E-state index contributed by atoms with van der Waals surface area (Å²) in [6.07, 6.45) is 3.57. The van der Waals surface area contributed by atoms with Crippen LogP contribution < -0.4 is 4.90 Å². The van der Waals surface area contributed by atoms with Gasteiger partial charge in [-0.15, -0.1) is 0 Å². The largest absolute Gasteiger partial charge is 0.353 e. The maximum Gasteiger partial charge on any atom is 0.227 e. The predicted molar refractivity (Wildman–Crippen MR) is 148 cm³/mol. The molecule has 1 atom stereocenters. The van der Waals surface area contributed by atoms with Crippen LogP contribution in [0.1, 0.15) is 42.9 Å². The Morgan fingerprint density at radius 3 is 2.84 bits per heavy atom. The molecule has 1 amide bonds. The second-order valence-electron chi connectivity index (χ2n) is 10.2. The summed E-state index contributed by atoms with van der Waals surface area (Å²) in [7, 11) is 0. The van der Waals surface area contributed by atoms with Crippen molar-refractivity contribution in [2.24, 2.45) is 0 Å². The highest BCUT2D eigenvalue weighted by Crippen LogP contribution is 2.34. The molecule has 186 valence electrons. The van der Waals surface area contributed by atoms with Gasteiger partial charge in [0.25, 0.3) is 0 Å². The Bertz CT molecular complexity index is 1640. The number of pyridine rings is 1. The quantitative estimate of drug-likeness (QED) is 0.276. The molecule has 1 aliphatic rings. The molecule has 0 saturated carbocycles. The first kappa shape index (κ1) is 23.4. The van der Waals surface area contributed by atoms with E-state index >= 15 is 0 Å². The van der Waals surface area contributed by atoms with Crippen LogP contribution in [0, 0.1) is 12.7 Å². The summed E-state index contributed by atoms with van der Waals surface area (Å²) in [6.45, 7) is 4.18. The first-order valence-corrected chi connectivity index (χ1v) is 13.1. The molecule has 0 radical (unpaired) electrons. The van der Waals surface area contributed by atoms with Crippen LogP contribution in [0.4, 0.5) is 10.1 Å². The van der Waals surface area contributed by atoms with Crippen molar-refractivity contribution in [3.8, 4) is 11.4 Å². The minimum atomic E-state index is -0.245. The highest BCUT2D eigenvalue weighted by molar-refractivity contribution is 5.95. The van der Waals surface area contributed by atoms with Gasteiger partial charge in [0.2, 0.25) is 5.91 Å². The van der Waals surface area contributed by atoms with Crippen LogP contribution in [0.5, 0.6) is 0 Å². The molecule has 0 fully saturated rings. The van der Waals surface area contributed by atoms with Crippen LogP contribution in [-0.2, 0) is 17.6 Å². The Morgan fingerprint density at radius 2 is 1.95 bits per heavy atom. The highest BCUT2D eigenvalue weighted by atomic mass is 19.1. The molecule has 6 rings (SSSR count). The van der Waals surface area contributed by atoms with Gasteiger partial charge in [-0.3, -0.25) is 4.79 Å². The van der Waals surface area contributed by atoms with Gasteiger partial charge in [-0.25, -0.2) is 9.37 Å². The smallest absolute Gasteiger partial charge is 0.227 e. The molecule has 1 unspecified atom stereocenters. The van der Waals surface area contributed by atoms with Gasteiger partial charge in [0.15, 0.2) is 0 Å². The van der Waals surface area contributed by atoms with Gasteiger partial charge in [-0.2, -0.15) is 0 Å². The second-order valence-corrected chi connectivity index (χ2v) is 10.2. The van der Waals surface area contributed by atoms with Crippen molar-refractivity contribution in [2.45, 2.75) is 52.0 Å². The first-order chi connectivity index (χ1) is 18.0. The van der Waals surface area contributed by atoms with Gasteiger partial charge in [-0.05, 0) is 93.1 Å². The van der Waals surface area contributed by atoms with Crippen LogP contribution in [-0.4, -0.2) is 21.9 Å². The van der Waals surface area contributed by atoms with Crippen LogP contribution in [0.25, 0.3) is 33.2 Å². The summed E-state index contributed by atoms with van der Waals surface area (Å²) < 4.78 is 13.8. The molecule has 4 nitrogen and oxygen atoms in total. The van der Waals surface area contributed by atoms with Gasteiger partial charge < -0.3 is 9.88 Å². The number of fused-ring (bicyclic) bond motifs is 3. The standard InChI is InChI=1S/C32H30FN3O/c1-20-10-15-28-26(18-20)25(32(35-28)29-16-13-22-6-3-4-8-27(22)34-29)7-5-9-31(37)36-21(2)11-12-23-19-24(33)14-17-30(23)36/h3-4,6,8,10,13-19,21,35H,5,7,9,11-12H2,1-2H3. The molecular formula is C32H30FN3O. The van der Waals surface area contributed by atoms with Crippen LogP contribution in [0.3, 0.4) is 0 Å². The van der Waals surface area contributed by atoms with Gasteiger partial charge in [0, 0.05) is 34.4 Å². The van der Waals surface area contributed by atoms with Crippen molar-refractivity contribution in [1.29, 1.82) is 0 Å². The number of H-pyrrole nitrogens is 1. The van der Waals surface area contributed by atoms with E-state index in [0.717, 1.165) is 64.7 Å². The van der Waals surface area contributed by atoms with Crippen molar-refractivity contribution in [2.75, 3.05) is 4.90 Å². The summed E-state index contributed by atoms with van der Waals surface area (Å²) >= 11 is 0. The number of aryl methyl sites for hydroxylation is 3. The van der Waals surface area contributed by atoms with E-state index in [9.17, 15) is 9.18 Å². The van der Waals surface area contributed by atoms with Crippen LogP contribution >= 0.6 is 0 Å². The van der Waals surface area contributed by atoms with Gasteiger partial charge >= 0.3 is 0 Å². The van der Waals surface area contributed by atoms with E-state index in [1.807, 2.05) is 23.1 Å². The minimum Gasteiger partial charge on any atom is -0.353 e. The normalized spacial score (nSPS) is 15.3. The molecule has 5 aromatic rings. The molecule has 5 heteroatoms. The second kappa shape index (κ2) is 9.47. The molecule has 0 bridgehead atoms. The van der Waals surface area contributed by atoms with E-state index in [4.69, 9.17) is 4.98 Å². The fraction of sp³-hybridized carbons (Fsp3) is 0.250. The van der Waals surface area contributed by atoms with Gasteiger partial charge in [0.1, 0.15) is 5.82 Å². The average molecular weight is 492 g/mol. The number of nitrogens with zero attached hydrogens (tertiary/aromatic N) is 2. The summed E-state index contributed by atoms with van der Waals surface area (Å²) in [6, 6.07) is 23.6. The molecule has 3 heterocycles. The van der Waals surface area contributed by atoms with E-state index in [1.54, 1.807) is 12.1 Å². The topological polar surface area (TPSA) is 49.0 Å². The van der Waals surface area contributed by atoms with Gasteiger partial charge in [0.05, 0.1) is 16.9 Å². The number of carbonyl (C=O) groups excluding carboxylic acids is 1. The number of aromatic amines is 1. The zero-order valence-corrected chi connectivity index (χ0v) is 21.2. The lowest BCUT2D eigenvalue weighted by molar-refractivity contribution is -0.119. The average Bonchev–Trinajstić information content (AvgIpc) is 3.26. The van der Waals surface area contributed by atoms with Crippen molar-refractivity contribution < 1.29 is 9.18 Å². The maximum atomic E-state index is 13.8. The molecule has 3 aromatic carbocycles. The van der Waals surface area contributed by atoms with E-state index in [1.165, 1.54) is 22.6 Å². The number of carbonyl (C=O) groups is 1. The maximum absolute atomic E-state index is 13.8. The van der Waals surface area contributed by atoms with E-state index in [-0.39, 0.29) is 17.8 Å². The number of aromatic nitrogens is 2. The van der Waals surface area contributed by atoms with Crippen LogP contribution in [0.15, 0.2) is 72.8 Å². The van der Waals surface area contributed by atoms with E-state index < -0.39 is 0 Å². The summed E-state index contributed by atoms with van der Waals surface area (Å²) in [5, 5.41) is 2.30. The lowest BCUT2D eigenvalue weighted by atomic mass is 9.95. The number of amides is 1. The van der Waals surface area contributed by atoms with Crippen molar-refractivity contribution in [3.05, 3.63) is 95.3 Å². The third-order valence-corrected chi connectivity index (χ3v) is 7.58. The lowest BCUT2D eigenvalue weighted by Crippen LogP contribution is -2.42.